The van der Waals surface area contributed by atoms with E-state index in [0.717, 1.165) is 22.2 Å². The number of hydrogen-bond acceptors (Lipinski definition) is 4. The Kier molecular flexibility index (Phi) is 4.62. The molecule has 0 aliphatic heterocycles. The first-order chi connectivity index (χ1) is 13.7. The Morgan fingerprint density at radius 1 is 1.31 bits per heavy atom. The molecule has 1 amide bonds. The Labute approximate surface area is 167 Å². The molecule has 0 saturated heterocycles. The maximum Gasteiger partial charge on any atom is 0.416 e. The summed E-state index contributed by atoms with van der Waals surface area (Å²) in [6.45, 7) is 1.51. The number of aliphatic hydroxyl groups is 1. The molecule has 0 fully saturated rings. The minimum Gasteiger partial charge on any atom is -0.394 e. The summed E-state index contributed by atoms with van der Waals surface area (Å²) < 4.78 is 42.9. The lowest BCUT2D eigenvalue weighted by molar-refractivity contribution is -0.137. The zero-order valence-electron chi connectivity index (χ0n) is 15.5. The third kappa shape index (κ3) is 3.38. The van der Waals surface area contributed by atoms with Crippen LogP contribution in [0.5, 0.6) is 0 Å². The molecule has 0 saturated carbocycles. The summed E-state index contributed by atoms with van der Waals surface area (Å²) in [4.78, 5) is 12.9. The van der Waals surface area contributed by atoms with Crippen LogP contribution < -0.4 is 5.32 Å². The van der Waals surface area contributed by atoms with Gasteiger partial charge in [-0.1, -0.05) is 0 Å². The largest absolute Gasteiger partial charge is 0.416 e. The normalized spacial score (nSPS) is 13.3. The highest BCUT2D eigenvalue weighted by Gasteiger charge is 2.30. The fraction of sp³-hybridized carbons (Fsp3) is 0.263. The van der Waals surface area contributed by atoms with Gasteiger partial charge in [-0.15, -0.1) is 11.3 Å². The number of nitrogens with one attached hydrogen (secondary N) is 1. The summed E-state index contributed by atoms with van der Waals surface area (Å²) in [5.74, 6) is -0.316. The second-order valence-corrected chi connectivity index (χ2v) is 7.85. The van der Waals surface area contributed by atoms with Gasteiger partial charge in [0.2, 0.25) is 0 Å². The van der Waals surface area contributed by atoms with Crippen molar-refractivity contribution in [1.29, 1.82) is 0 Å². The van der Waals surface area contributed by atoms with Gasteiger partial charge in [0.05, 0.1) is 32.7 Å². The number of carbonyl (C=O) groups excluding carboxylic acids is 1. The van der Waals surface area contributed by atoms with Gasteiger partial charge in [-0.2, -0.15) is 18.3 Å². The van der Waals surface area contributed by atoms with E-state index in [-0.39, 0.29) is 18.6 Å². The second-order valence-electron chi connectivity index (χ2n) is 6.80. The number of halogens is 3. The van der Waals surface area contributed by atoms with Crippen LogP contribution in [0.25, 0.3) is 26.9 Å². The number of aryl methyl sites for hydroxylation is 1. The summed E-state index contributed by atoms with van der Waals surface area (Å²) in [6, 6.07) is 6.14. The highest BCUT2D eigenvalue weighted by Crippen LogP contribution is 2.38. The lowest BCUT2D eigenvalue weighted by Gasteiger charge is -2.10. The first-order valence-electron chi connectivity index (χ1n) is 8.76. The number of thiophene rings is 1. The van der Waals surface area contributed by atoms with Gasteiger partial charge in [-0.3, -0.25) is 14.0 Å². The maximum absolute atomic E-state index is 12.9. The number of amides is 1. The van der Waals surface area contributed by atoms with Gasteiger partial charge in [0.15, 0.2) is 5.65 Å². The number of hydrogen-bond donors (Lipinski definition) is 2. The molecule has 29 heavy (non-hydrogen) atoms. The average molecular weight is 422 g/mol. The highest BCUT2D eigenvalue weighted by atomic mass is 32.1. The summed E-state index contributed by atoms with van der Waals surface area (Å²) in [7, 11) is 1.76. The smallest absolute Gasteiger partial charge is 0.394 e. The second kappa shape index (κ2) is 6.89. The van der Waals surface area contributed by atoms with Gasteiger partial charge >= 0.3 is 6.18 Å². The predicted octanol–water partition coefficient (Wildman–Crippen LogP) is 3.71. The Morgan fingerprint density at radius 2 is 2.00 bits per heavy atom. The number of fused-ring (bicyclic) bond motifs is 3. The monoisotopic (exact) mass is 422 g/mol. The van der Waals surface area contributed by atoms with Crippen molar-refractivity contribution in [2.75, 3.05) is 6.61 Å². The van der Waals surface area contributed by atoms with Crippen molar-refractivity contribution < 1.29 is 23.1 Å². The van der Waals surface area contributed by atoms with E-state index >= 15 is 0 Å². The summed E-state index contributed by atoms with van der Waals surface area (Å²) >= 11 is 1.28. The molecule has 10 heteroatoms. The molecule has 0 aliphatic carbocycles. The van der Waals surface area contributed by atoms with Gasteiger partial charge in [0.25, 0.3) is 5.91 Å². The fourth-order valence-corrected chi connectivity index (χ4v) is 4.22. The minimum atomic E-state index is -4.41. The summed E-state index contributed by atoms with van der Waals surface area (Å²) in [6.07, 6.45) is -2.60. The van der Waals surface area contributed by atoms with Gasteiger partial charge in [-0.25, -0.2) is 0 Å². The highest BCUT2D eigenvalue weighted by molar-refractivity contribution is 7.21. The average Bonchev–Trinajstić information content (AvgIpc) is 3.31. The molecule has 0 aliphatic rings. The number of carbonyl (C=O) groups is 1. The molecular formula is C19H17F3N4O2S. The summed E-state index contributed by atoms with van der Waals surface area (Å²) in [5.41, 5.74) is 1.08. The number of benzene rings is 1. The number of rotatable bonds is 4. The molecule has 0 spiro atoms. The predicted molar refractivity (Wildman–Crippen MR) is 104 cm³/mol. The number of aliphatic hydroxyl groups excluding tert-OH is 1. The van der Waals surface area contributed by atoms with E-state index in [2.05, 4.69) is 10.4 Å². The SMILES string of the molecule is C[C@@H](CO)NC(=O)c1cc2c(s1)c1cn(C)nc1n2-c1ccc(C(F)(F)F)cc1. The molecule has 152 valence electrons. The van der Waals surface area contributed by atoms with Crippen LogP contribution in [-0.4, -0.2) is 38.0 Å². The van der Waals surface area contributed by atoms with Crippen LogP contribution in [0.3, 0.4) is 0 Å². The molecule has 4 aromatic rings. The van der Waals surface area contributed by atoms with Crippen molar-refractivity contribution >= 4 is 38.5 Å². The topological polar surface area (TPSA) is 72.1 Å². The van der Waals surface area contributed by atoms with Crippen molar-refractivity contribution in [3.8, 4) is 5.69 Å². The number of alkyl halides is 3. The lowest BCUT2D eigenvalue weighted by atomic mass is 10.2. The van der Waals surface area contributed by atoms with Crippen LogP contribution in [0.15, 0.2) is 36.5 Å². The van der Waals surface area contributed by atoms with Gasteiger partial charge < -0.3 is 10.4 Å². The third-order valence-electron chi connectivity index (χ3n) is 4.55. The van der Waals surface area contributed by atoms with Crippen LogP contribution >= 0.6 is 11.3 Å². The molecule has 4 rings (SSSR count). The number of aromatic nitrogens is 3. The molecule has 0 radical (unpaired) electrons. The molecule has 3 aromatic heterocycles. The lowest BCUT2D eigenvalue weighted by Crippen LogP contribution is -2.34. The van der Waals surface area contributed by atoms with E-state index in [0.29, 0.717) is 21.7 Å². The molecule has 0 bridgehead atoms. The quantitative estimate of drug-likeness (QED) is 0.527. The van der Waals surface area contributed by atoms with Crippen LogP contribution in [0, 0.1) is 0 Å². The van der Waals surface area contributed by atoms with E-state index in [9.17, 15) is 18.0 Å². The van der Waals surface area contributed by atoms with Crippen molar-refractivity contribution in [2.24, 2.45) is 7.05 Å². The molecular weight excluding hydrogens is 405 g/mol. The van der Waals surface area contributed by atoms with E-state index < -0.39 is 11.7 Å². The molecule has 1 aromatic carbocycles. The van der Waals surface area contributed by atoms with Gasteiger partial charge in [-0.05, 0) is 37.3 Å². The standard InChI is InChI=1S/C19H17F3N4O2S/c1-10(9-27)23-18(28)15-7-14-16(29-15)13-8-25(2)24-17(13)26(14)12-5-3-11(4-6-12)19(20,21)22/h3-8,10,27H,9H2,1-2H3,(H,23,28)/t10-/m0/s1. The molecule has 2 N–H and O–H groups in total. The van der Waals surface area contributed by atoms with E-state index in [1.165, 1.54) is 23.5 Å². The van der Waals surface area contributed by atoms with Crippen molar-refractivity contribution in [3.05, 3.63) is 47.0 Å². The van der Waals surface area contributed by atoms with Crippen LogP contribution in [-0.2, 0) is 13.2 Å². The van der Waals surface area contributed by atoms with E-state index in [1.54, 1.807) is 29.3 Å². The molecule has 6 nitrogen and oxygen atoms in total. The Balaban J connectivity index is 1.86. The van der Waals surface area contributed by atoms with Gasteiger partial charge in [0.1, 0.15) is 0 Å². The zero-order valence-corrected chi connectivity index (χ0v) is 16.3. The van der Waals surface area contributed by atoms with E-state index in [4.69, 9.17) is 5.11 Å². The molecule has 1 atom stereocenters. The Morgan fingerprint density at radius 3 is 2.62 bits per heavy atom. The first-order valence-corrected chi connectivity index (χ1v) is 9.57. The van der Waals surface area contributed by atoms with Crippen molar-refractivity contribution in [1.82, 2.24) is 19.7 Å². The zero-order chi connectivity index (χ0) is 20.9. The Bertz CT molecular complexity index is 1200. The van der Waals surface area contributed by atoms with Crippen LogP contribution in [0.4, 0.5) is 13.2 Å². The van der Waals surface area contributed by atoms with Gasteiger partial charge in [0, 0.05) is 25.0 Å². The Hall–Kier alpha value is -2.85. The van der Waals surface area contributed by atoms with Crippen molar-refractivity contribution in [3.63, 3.8) is 0 Å². The molecule has 3 heterocycles. The van der Waals surface area contributed by atoms with Crippen molar-refractivity contribution in [2.45, 2.75) is 19.1 Å². The minimum absolute atomic E-state index is 0.179. The first kappa shape index (κ1) is 19.5. The van der Waals surface area contributed by atoms with E-state index in [1.807, 2.05) is 6.20 Å². The maximum atomic E-state index is 12.9. The number of nitrogens with zero attached hydrogens (tertiary/aromatic N) is 3. The van der Waals surface area contributed by atoms with Crippen LogP contribution in [0.2, 0.25) is 0 Å². The fourth-order valence-electron chi connectivity index (χ4n) is 3.17. The summed E-state index contributed by atoms with van der Waals surface area (Å²) in [5, 5.41) is 17.1. The molecule has 0 unspecified atom stereocenters. The van der Waals surface area contributed by atoms with Crippen LogP contribution in [0.1, 0.15) is 22.2 Å². The third-order valence-corrected chi connectivity index (χ3v) is 5.70.